The standard InChI is InChI=1S/C26H21N3O5S/c1-26(2,3)34-25(33)29-19-11-12-35-23(19)21(27-29)20-14-17-13-16(9-10-18(17)28(20)24(31)32)22(30)15-7-5-4-6-8-15/h4-14H,1-3H3,(H,31,32). The zero-order chi connectivity index (χ0) is 24.9. The topological polar surface area (TPSA) is 103 Å². The van der Waals surface area contributed by atoms with E-state index in [9.17, 15) is 19.5 Å². The molecule has 176 valence electrons. The molecule has 0 saturated carbocycles. The van der Waals surface area contributed by atoms with E-state index in [1.165, 1.54) is 11.3 Å². The van der Waals surface area contributed by atoms with E-state index >= 15 is 0 Å². The first kappa shape index (κ1) is 22.5. The Hall–Kier alpha value is -4.24. The second kappa shape index (κ2) is 8.21. The minimum atomic E-state index is -1.20. The first-order valence-electron chi connectivity index (χ1n) is 10.8. The molecule has 0 radical (unpaired) electrons. The van der Waals surface area contributed by atoms with Gasteiger partial charge in [-0.05, 0) is 56.5 Å². The molecule has 3 heterocycles. The maximum Gasteiger partial charge on any atom is 0.435 e. The van der Waals surface area contributed by atoms with Crippen LogP contribution in [0.5, 0.6) is 0 Å². The van der Waals surface area contributed by atoms with Gasteiger partial charge in [0.05, 0.1) is 21.4 Å². The number of thiophene rings is 1. The van der Waals surface area contributed by atoms with Gasteiger partial charge >= 0.3 is 12.2 Å². The van der Waals surface area contributed by atoms with Crippen molar-refractivity contribution in [3.05, 3.63) is 77.2 Å². The number of benzene rings is 2. The van der Waals surface area contributed by atoms with Crippen molar-refractivity contribution in [2.45, 2.75) is 26.4 Å². The molecule has 0 saturated heterocycles. The largest absolute Gasteiger partial charge is 0.464 e. The van der Waals surface area contributed by atoms with Gasteiger partial charge in [0.1, 0.15) is 11.3 Å². The fraction of sp³-hybridized carbons (Fsp3) is 0.154. The summed E-state index contributed by atoms with van der Waals surface area (Å²) in [6.45, 7) is 5.28. The summed E-state index contributed by atoms with van der Waals surface area (Å²) in [4.78, 5) is 38.0. The van der Waals surface area contributed by atoms with Gasteiger partial charge in [0.15, 0.2) is 5.78 Å². The number of rotatable bonds is 3. The Morgan fingerprint density at radius 3 is 2.37 bits per heavy atom. The summed E-state index contributed by atoms with van der Waals surface area (Å²) < 4.78 is 8.40. The predicted octanol–water partition coefficient (Wildman–Crippen LogP) is 6.26. The number of carboxylic acid groups (broad SMARTS) is 1. The van der Waals surface area contributed by atoms with E-state index in [0.717, 1.165) is 9.25 Å². The van der Waals surface area contributed by atoms with Crippen LogP contribution in [0.3, 0.4) is 0 Å². The molecule has 9 heteroatoms. The lowest BCUT2D eigenvalue weighted by molar-refractivity contribution is 0.0523. The lowest BCUT2D eigenvalue weighted by atomic mass is 10.0. The zero-order valence-corrected chi connectivity index (χ0v) is 20.0. The van der Waals surface area contributed by atoms with Crippen LogP contribution in [0.2, 0.25) is 0 Å². The van der Waals surface area contributed by atoms with Crippen molar-refractivity contribution in [2.75, 3.05) is 0 Å². The third kappa shape index (κ3) is 4.00. The molecule has 0 spiro atoms. The lowest BCUT2D eigenvalue weighted by Crippen LogP contribution is -2.27. The number of ketones is 1. The highest BCUT2D eigenvalue weighted by Gasteiger charge is 2.26. The Morgan fingerprint density at radius 1 is 0.943 bits per heavy atom. The van der Waals surface area contributed by atoms with Crippen molar-refractivity contribution in [3.8, 4) is 11.4 Å². The van der Waals surface area contributed by atoms with Crippen LogP contribution in [0.1, 0.15) is 36.7 Å². The molecule has 5 rings (SSSR count). The fourth-order valence-electron chi connectivity index (χ4n) is 3.95. The second-order valence-electron chi connectivity index (χ2n) is 8.99. The van der Waals surface area contributed by atoms with Crippen LogP contribution in [0.15, 0.2) is 66.0 Å². The molecule has 0 fully saturated rings. The smallest absolute Gasteiger partial charge is 0.435 e. The molecule has 35 heavy (non-hydrogen) atoms. The minimum absolute atomic E-state index is 0.160. The van der Waals surface area contributed by atoms with E-state index in [2.05, 4.69) is 5.10 Å². The molecular weight excluding hydrogens is 466 g/mol. The average Bonchev–Trinajstić information content (AvgIpc) is 3.50. The van der Waals surface area contributed by atoms with Crippen molar-refractivity contribution in [1.29, 1.82) is 0 Å². The average molecular weight is 488 g/mol. The number of carbonyl (C=O) groups excluding carboxylic acids is 2. The molecule has 0 aliphatic heterocycles. The highest BCUT2D eigenvalue weighted by molar-refractivity contribution is 7.17. The van der Waals surface area contributed by atoms with Gasteiger partial charge in [-0.2, -0.15) is 9.78 Å². The van der Waals surface area contributed by atoms with Gasteiger partial charge in [0, 0.05) is 16.5 Å². The Kier molecular flexibility index (Phi) is 5.29. The number of ether oxygens (including phenoxy) is 1. The molecule has 0 atom stereocenters. The number of aromatic nitrogens is 3. The van der Waals surface area contributed by atoms with Gasteiger partial charge in [-0.1, -0.05) is 30.3 Å². The van der Waals surface area contributed by atoms with E-state index in [1.807, 2.05) is 6.07 Å². The summed E-state index contributed by atoms with van der Waals surface area (Å²) >= 11 is 1.35. The molecule has 5 aromatic rings. The van der Waals surface area contributed by atoms with Crippen LogP contribution >= 0.6 is 11.3 Å². The van der Waals surface area contributed by atoms with Gasteiger partial charge in [-0.3, -0.25) is 4.79 Å². The Morgan fingerprint density at radius 2 is 1.69 bits per heavy atom. The van der Waals surface area contributed by atoms with Gasteiger partial charge in [0.2, 0.25) is 0 Å². The van der Waals surface area contributed by atoms with E-state index < -0.39 is 17.8 Å². The number of carbonyl (C=O) groups is 3. The van der Waals surface area contributed by atoms with Crippen LogP contribution in [0.25, 0.3) is 32.5 Å². The Bertz CT molecular complexity index is 1620. The van der Waals surface area contributed by atoms with Crippen molar-refractivity contribution in [3.63, 3.8) is 0 Å². The highest BCUT2D eigenvalue weighted by Crippen LogP contribution is 2.36. The predicted molar refractivity (Wildman–Crippen MR) is 133 cm³/mol. The first-order chi connectivity index (χ1) is 16.6. The van der Waals surface area contributed by atoms with Crippen LogP contribution < -0.4 is 0 Å². The first-order valence-corrected chi connectivity index (χ1v) is 11.7. The van der Waals surface area contributed by atoms with Gasteiger partial charge < -0.3 is 9.84 Å². The molecule has 2 aromatic carbocycles. The van der Waals surface area contributed by atoms with E-state index in [-0.39, 0.29) is 5.78 Å². The number of nitrogens with zero attached hydrogens (tertiary/aromatic N) is 3. The SMILES string of the molecule is CC(C)(C)OC(=O)n1nc(-c2cc3cc(C(=O)c4ccccc4)ccc3n2C(=O)O)c2sccc21. The molecule has 8 nitrogen and oxygen atoms in total. The van der Waals surface area contributed by atoms with Crippen molar-refractivity contribution >= 4 is 50.4 Å². The third-order valence-corrected chi connectivity index (χ3v) is 6.30. The zero-order valence-electron chi connectivity index (χ0n) is 19.2. The van der Waals surface area contributed by atoms with Crippen LogP contribution in [-0.4, -0.2) is 43.0 Å². The molecule has 0 unspecified atom stereocenters. The van der Waals surface area contributed by atoms with Gasteiger partial charge in [0.25, 0.3) is 0 Å². The van der Waals surface area contributed by atoms with E-state index in [4.69, 9.17) is 4.74 Å². The molecule has 1 N–H and O–H groups in total. The number of fused-ring (bicyclic) bond motifs is 2. The summed E-state index contributed by atoms with van der Waals surface area (Å²) in [5.41, 5.74) is 1.85. The Labute approximate surface area is 204 Å². The molecule has 0 bridgehead atoms. The van der Waals surface area contributed by atoms with E-state index in [0.29, 0.717) is 43.6 Å². The maximum absolute atomic E-state index is 12.9. The molecule has 0 amide bonds. The lowest BCUT2D eigenvalue weighted by Gasteiger charge is -2.19. The van der Waals surface area contributed by atoms with Crippen LogP contribution in [-0.2, 0) is 4.74 Å². The molecule has 3 aromatic heterocycles. The normalized spacial score (nSPS) is 11.7. The van der Waals surface area contributed by atoms with Crippen molar-refractivity contribution in [1.82, 2.24) is 14.3 Å². The maximum atomic E-state index is 12.9. The number of hydrogen-bond donors (Lipinski definition) is 1. The summed E-state index contributed by atoms with van der Waals surface area (Å²) in [6.07, 6.45) is -1.85. The van der Waals surface area contributed by atoms with Crippen molar-refractivity contribution < 1.29 is 24.2 Å². The molecule has 0 aliphatic carbocycles. The molecular formula is C26H21N3O5S. The summed E-state index contributed by atoms with van der Waals surface area (Å²) in [7, 11) is 0. The van der Waals surface area contributed by atoms with Crippen LogP contribution in [0, 0.1) is 0 Å². The van der Waals surface area contributed by atoms with Gasteiger partial charge in [-0.15, -0.1) is 11.3 Å². The summed E-state index contributed by atoms with van der Waals surface area (Å²) in [5.74, 6) is -0.160. The van der Waals surface area contributed by atoms with Crippen molar-refractivity contribution in [2.24, 2.45) is 0 Å². The summed E-state index contributed by atoms with van der Waals surface area (Å²) in [6, 6.07) is 17.2. The van der Waals surface area contributed by atoms with E-state index in [1.54, 1.807) is 80.7 Å². The van der Waals surface area contributed by atoms with Gasteiger partial charge in [-0.25, -0.2) is 14.2 Å². The monoisotopic (exact) mass is 487 g/mol. The Balaban J connectivity index is 1.66. The summed E-state index contributed by atoms with van der Waals surface area (Å²) in [5, 5.41) is 16.9. The van der Waals surface area contributed by atoms with Crippen LogP contribution in [0.4, 0.5) is 9.59 Å². The second-order valence-corrected chi connectivity index (χ2v) is 9.91. The molecule has 0 aliphatic rings. The fourth-order valence-corrected chi connectivity index (χ4v) is 4.82. The number of hydrogen-bond acceptors (Lipinski definition) is 6. The third-order valence-electron chi connectivity index (χ3n) is 5.39. The minimum Gasteiger partial charge on any atom is -0.464 e. The quantitative estimate of drug-likeness (QED) is 0.301. The highest BCUT2D eigenvalue weighted by atomic mass is 32.1.